The summed E-state index contributed by atoms with van der Waals surface area (Å²) >= 11 is 0. The van der Waals surface area contributed by atoms with Crippen LogP contribution in [-0.4, -0.2) is 65.2 Å². The molecule has 0 aliphatic carbocycles. The third kappa shape index (κ3) is 5.05. The predicted molar refractivity (Wildman–Crippen MR) is 101 cm³/mol. The topological polar surface area (TPSA) is 167 Å². The van der Waals surface area contributed by atoms with E-state index in [0.717, 1.165) is 0 Å². The number of benzene rings is 1. The standard InChI is InChI=1S/C18H24BN3O7/c20-11(2-4-14(21)23)7-15(24)22-8-12(9-22)28-13-3-1-10-5-6-19(27)29-17(10)16(13)18(25)26/h1,3,11-12,27H,2,4-9,20H2,(H2,21,23)(H,25,26)/p+1. The number of carboxylic acids is 1. The monoisotopic (exact) mass is 406 g/mol. The van der Waals surface area contributed by atoms with E-state index < -0.39 is 19.1 Å². The molecular weight excluding hydrogens is 381 g/mol. The van der Waals surface area contributed by atoms with Crippen molar-refractivity contribution >= 4 is 24.9 Å². The number of carboxylic acid groups (broad SMARTS) is 1. The van der Waals surface area contributed by atoms with Crippen molar-refractivity contribution in [3.63, 3.8) is 0 Å². The predicted octanol–water partition coefficient (Wildman–Crippen LogP) is -1.34. The maximum Gasteiger partial charge on any atom is 0.522 e. The number of hydrogen-bond acceptors (Lipinski definition) is 7. The van der Waals surface area contributed by atoms with E-state index in [0.29, 0.717) is 37.8 Å². The molecule has 0 saturated carbocycles. The van der Waals surface area contributed by atoms with Crippen molar-refractivity contribution in [3.8, 4) is 11.5 Å². The van der Waals surface area contributed by atoms with E-state index >= 15 is 0 Å². The summed E-state index contributed by atoms with van der Waals surface area (Å²) in [5, 5.41) is 19.3. The summed E-state index contributed by atoms with van der Waals surface area (Å²) in [6, 6.07) is 2.91. The second-order valence-electron chi connectivity index (χ2n) is 7.42. The number of aryl methyl sites for hydroxylation is 1. The zero-order valence-corrected chi connectivity index (χ0v) is 16.0. The first-order chi connectivity index (χ1) is 13.7. The van der Waals surface area contributed by atoms with Crippen molar-refractivity contribution in [2.75, 3.05) is 13.1 Å². The molecule has 3 rings (SSSR count). The smallest absolute Gasteiger partial charge is 0.522 e. The molecule has 1 unspecified atom stereocenters. The Bertz CT molecular complexity index is 813. The van der Waals surface area contributed by atoms with Gasteiger partial charge in [0.2, 0.25) is 5.91 Å². The Hall–Kier alpha value is -2.63. The summed E-state index contributed by atoms with van der Waals surface area (Å²) in [6.07, 6.45) is 1.35. The van der Waals surface area contributed by atoms with Gasteiger partial charge >= 0.3 is 19.0 Å². The highest BCUT2D eigenvalue weighted by molar-refractivity contribution is 6.44. The highest BCUT2D eigenvalue weighted by atomic mass is 16.5. The Kier molecular flexibility index (Phi) is 6.41. The number of quaternary nitrogens is 1. The molecule has 156 valence electrons. The molecule has 0 aromatic heterocycles. The zero-order valence-electron chi connectivity index (χ0n) is 16.0. The quantitative estimate of drug-likeness (QED) is 0.385. The van der Waals surface area contributed by atoms with E-state index in [4.69, 9.17) is 15.1 Å². The molecule has 1 saturated heterocycles. The van der Waals surface area contributed by atoms with Gasteiger partial charge in [0.1, 0.15) is 23.2 Å². The molecule has 1 atom stereocenters. The molecule has 1 fully saturated rings. The SMILES string of the molecule is NC(CCC([NH3+])=O)CC(=O)N1CC(Oc2ccc3c(c2C(=O)O)OB(O)CC3)C1. The van der Waals surface area contributed by atoms with Gasteiger partial charge < -0.3 is 30.2 Å². The average Bonchev–Trinajstić information content (AvgIpc) is 2.61. The minimum atomic E-state index is -1.20. The number of nitrogens with two attached hydrogens (primary N) is 1. The molecule has 1 aromatic rings. The van der Waals surface area contributed by atoms with Gasteiger partial charge in [-0.15, -0.1) is 0 Å². The first kappa shape index (κ1) is 21.1. The second kappa shape index (κ2) is 8.81. The van der Waals surface area contributed by atoms with Gasteiger partial charge in [0, 0.05) is 12.5 Å². The molecule has 0 bridgehead atoms. The lowest BCUT2D eigenvalue weighted by atomic mass is 9.78. The van der Waals surface area contributed by atoms with Crippen molar-refractivity contribution in [3.05, 3.63) is 23.3 Å². The van der Waals surface area contributed by atoms with Crippen molar-refractivity contribution < 1.29 is 39.6 Å². The molecule has 1 aromatic carbocycles. The van der Waals surface area contributed by atoms with E-state index in [2.05, 4.69) is 5.73 Å². The molecule has 0 radical (unpaired) electrons. The largest absolute Gasteiger partial charge is 0.535 e. The van der Waals surface area contributed by atoms with Crippen LogP contribution in [0, 0.1) is 0 Å². The number of likely N-dealkylation sites (tertiary alicyclic amines) is 1. The molecular formula is C18H25BN3O7+. The molecule has 0 spiro atoms. The molecule has 2 aliphatic heterocycles. The summed E-state index contributed by atoms with van der Waals surface area (Å²) in [4.78, 5) is 36.4. The molecule has 2 amide bonds. The van der Waals surface area contributed by atoms with E-state index in [-0.39, 0.29) is 47.8 Å². The first-order valence-corrected chi connectivity index (χ1v) is 9.53. The van der Waals surface area contributed by atoms with E-state index in [1.165, 1.54) is 0 Å². The number of nitrogens with zero attached hydrogens (tertiary/aromatic N) is 1. The third-order valence-corrected chi connectivity index (χ3v) is 5.05. The number of amides is 2. The molecule has 29 heavy (non-hydrogen) atoms. The Balaban J connectivity index is 1.57. The van der Waals surface area contributed by atoms with Crippen LogP contribution in [0.15, 0.2) is 12.1 Å². The summed E-state index contributed by atoms with van der Waals surface area (Å²) in [7, 11) is -1.05. The lowest BCUT2D eigenvalue weighted by molar-refractivity contribution is -0.305. The van der Waals surface area contributed by atoms with Crippen molar-refractivity contribution in [1.82, 2.24) is 4.90 Å². The highest BCUT2D eigenvalue weighted by Crippen LogP contribution is 2.37. The van der Waals surface area contributed by atoms with Crippen molar-refractivity contribution in [2.24, 2.45) is 5.73 Å². The molecule has 2 heterocycles. The number of aromatic carboxylic acids is 1. The zero-order chi connectivity index (χ0) is 21.1. The Morgan fingerprint density at radius 3 is 2.76 bits per heavy atom. The van der Waals surface area contributed by atoms with Gasteiger partial charge in [-0.05, 0) is 30.8 Å². The molecule has 11 heteroatoms. The lowest BCUT2D eigenvalue weighted by Gasteiger charge is -2.39. The molecule has 10 nitrogen and oxygen atoms in total. The van der Waals surface area contributed by atoms with Gasteiger partial charge in [0.25, 0.3) is 0 Å². The first-order valence-electron chi connectivity index (χ1n) is 9.53. The summed E-state index contributed by atoms with van der Waals surface area (Å²) in [6.45, 7) is 0.638. The van der Waals surface area contributed by atoms with Crippen molar-refractivity contribution in [1.29, 1.82) is 0 Å². The van der Waals surface area contributed by atoms with Gasteiger partial charge in [-0.2, -0.15) is 0 Å². The van der Waals surface area contributed by atoms with Crippen LogP contribution >= 0.6 is 0 Å². The maximum absolute atomic E-state index is 12.2. The van der Waals surface area contributed by atoms with Crippen LogP contribution in [0.25, 0.3) is 0 Å². The number of carbonyl (C=O) groups excluding carboxylic acids is 2. The maximum atomic E-state index is 12.2. The summed E-state index contributed by atoms with van der Waals surface area (Å²) in [5.41, 5.74) is 9.74. The fourth-order valence-electron chi connectivity index (χ4n) is 3.41. The van der Waals surface area contributed by atoms with E-state index in [9.17, 15) is 24.5 Å². The Morgan fingerprint density at radius 2 is 2.10 bits per heavy atom. The summed E-state index contributed by atoms with van der Waals surface area (Å²) < 4.78 is 11.1. The minimum Gasteiger partial charge on any atom is -0.535 e. The number of fused-ring (bicyclic) bond motifs is 1. The second-order valence-corrected chi connectivity index (χ2v) is 7.42. The Morgan fingerprint density at radius 1 is 1.38 bits per heavy atom. The molecule has 2 aliphatic rings. The number of ether oxygens (including phenoxy) is 1. The molecule has 7 N–H and O–H groups in total. The van der Waals surface area contributed by atoms with Gasteiger partial charge in [0.15, 0.2) is 0 Å². The number of rotatable bonds is 8. The normalized spacial score (nSPS) is 17.1. The highest BCUT2D eigenvalue weighted by Gasteiger charge is 2.35. The van der Waals surface area contributed by atoms with E-state index in [1.807, 2.05) is 0 Å². The summed E-state index contributed by atoms with van der Waals surface area (Å²) in [5.74, 6) is -1.27. The fraction of sp³-hybridized carbons (Fsp3) is 0.500. The number of hydrogen-bond donors (Lipinski definition) is 4. The van der Waals surface area contributed by atoms with Gasteiger partial charge in [-0.1, -0.05) is 6.07 Å². The van der Waals surface area contributed by atoms with Crippen LogP contribution in [0.3, 0.4) is 0 Å². The third-order valence-electron chi connectivity index (χ3n) is 5.05. The van der Waals surface area contributed by atoms with Crippen LogP contribution in [0.5, 0.6) is 11.5 Å². The van der Waals surface area contributed by atoms with Gasteiger partial charge in [0.05, 0.1) is 19.5 Å². The van der Waals surface area contributed by atoms with Gasteiger partial charge in [-0.25, -0.2) is 9.59 Å². The van der Waals surface area contributed by atoms with E-state index in [1.54, 1.807) is 17.0 Å². The van der Waals surface area contributed by atoms with Gasteiger partial charge in [-0.3, -0.25) is 10.5 Å². The fourth-order valence-corrected chi connectivity index (χ4v) is 3.41. The lowest BCUT2D eigenvalue weighted by Crippen LogP contribution is -2.57. The van der Waals surface area contributed by atoms with Crippen molar-refractivity contribution in [2.45, 2.75) is 44.1 Å². The van der Waals surface area contributed by atoms with Crippen LogP contribution in [-0.2, 0) is 16.0 Å². The van der Waals surface area contributed by atoms with Crippen LogP contribution in [0.2, 0.25) is 6.32 Å². The van der Waals surface area contributed by atoms with Crippen LogP contribution < -0.4 is 20.9 Å². The van der Waals surface area contributed by atoms with Crippen LogP contribution in [0.1, 0.15) is 35.2 Å². The average molecular weight is 406 g/mol. The van der Waals surface area contributed by atoms with Crippen LogP contribution in [0.4, 0.5) is 0 Å². The Labute approximate surface area is 167 Å². The number of carbonyl (C=O) groups is 3. The minimum absolute atomic E-state index is 0.120.